The normalized spacial score (nSPS) is 19.1. The number of aryl methyl sites for hydroxylation is 1. The summed E-state index contributed by atoms with van der Waals surface area (Å²) in [6.07, 6.45) is 1.51. The molecule has 5 heteroatoms. The van der Waals surface area contributed by atoms with Crippen LogP contribution in [-0.4, -0.2) is 35.9 Å². The molecule has 2 aromatic rings. The Morgan fingerprint density at radius 3 is 2.90 bits per heavy atom. The van der Waals surface area contributed by atoms with Crippen molar-refractivity contribution in [3.05, 3.63) is 47.1 Å². The third-order valence-corrected chi connectivity index (χ3v) is 3.40. The van der Waals surface area contributed by atoms with Crippen molar-refractivity contribution in [2.75, 3.05) is 19.7 Å². The molecule has 1 aromatic carbocycles. The van der Waals surface area contributed by atoms with Gasteiger partial charge in [-0.25, -0.2) is 0 Å². The summed E-state index contributed by atoms with van der Waals surface area (Å²) in [7, 11) is 0. The van der Waals surface area contributed by atoms with Crippen LogP contribution in [0.3, 0.4) is 0 Å². The van der Waals surface area contributed by atoms with Crippen molar-refractivity contribution >= 4 is 0 Å². The smallest absolute Gasteiger partial charge is 0.229 e. The van der Waals surface area contributed by atoms with Gasteiger partial charge in [-0.2, -0.15) is 4.98 Å². The van der Waals surface area contributed by atoms with Gasteiger partial charge >= 0.3 is 0 Å². The number of nitrogens with one attached hydrogen (secondary N) is 1. The third kappa shape index (κ3) is 3.43. The van der Waals surface area contributed by atoms with Crippen molar-refractivity contribution in [3.63, 3.8) is 0 Å². The molecular weight excluding hydrogens is 254 g/mol. The van der Waals surface area contributed by atoms with Crippen LogP contribution in [0.1, 0.15) is 22.8 Å². The zero-order valence-electron chi connectivity index (χ0n) is 11.6. The topological polar surface area (TPSA) is 60.2 Å². The quantitative estimate of drug-likeness (QED) is 0.914. The summed E-state index contributed by atoms with van der Waals surface area (Å²) in [6, 6.07) is 8.38. The molecule has 1 fully saturated rings. The van der Waals surface area contributed by atoms with Crippen LogP contribution in [0.4, 0.5) is 0 Å². The van der Waals surface area contributed by atoms with Crippen LogP contribution in [0.2, 0.25) is 0 Å². The average molecular weight is 273 g/mol. The van der Waals surface area contributed by atoms with Crippen LogP contribution in [-0.2, 0) is 17.6 Å². The summed E-state index contributed by atoms with van der Waals surface area (Å²) in [4.78, 5) is 4.44. The summed E-state index contributed by atoms with van der Waals surface area (Å²) in [6.45, 7) is 4.58. The summed E-state index contributed by atoms with van der Waals surface area (Å²) in [5.41, 5.74) is 2.45. The lowest BCUT2D eigenvalue weighted by Crippen LogP contribution is -2.39. The lowest BCUT2D eigenvalue weighted by molar-refractivity contribution is 0.0246. The molecule has 1 saturated heterocycles. The third-order valence-electron chi connectivity index (χ3n) is 3.40. The first-order valence-electron chi connectivity index (χ1n) is 6.99. The molecule has 1 atom stereocenters. The second kappa shape index (κ2) is 6.15. The van der Waals surface area contributed by atoms with E-state index in [1.807, 2.05) is 0 Å². The highest BCUT2D eigenvalue weighted by Gasteiger charge is 2.17. The predicted octanol–water partition coefficient (Wildman–Crippen LogP) is 1.50. The van der Waals surface area contributed by atoms with E-state index in [1.54, 1.807) is 0 Å². The zero-order chi connectivity index (χ0) is 13.8. The maximum absolute atomic E-state index is 5.63. The van der Waals surface area contributed by atoms with Gasteiger partial charge in [0.15, 0.2) is 5.82 Å². The first kappa shape index (κ1) is 13.3. The van der Waals surface area contributed by atoms with Crippen LogP contribution in [0.5, 0.6) is 0 Å². The van der Waals surface area contributed by atoms with Crippen molar-refractivity contribution in [3.8, 4) is 0 Å². The molecule has 0 amide bonds. The number of ether oxygens (including phenoxy) is 1. The first-order valence-corrected chi connectivity index (χ1v) is 6.99. The Morgan fingerprint density at radius 2 is 2.15 bits per heavy atom. The number of rotatable bonds is 4. The highest BCUT2D eigenvalue weighted by atomic mass is 16.5. The zero-order valence-corrected chi connectivity index (χ0v) is 11.6. The standard InChI is InChI=1S/C15H19N3O2/c1-11-2-4-12(5-3-11)8-14-17-15(20-18-14)9-13-10-16-6-7-19-13/h2-5,13,16H,6-10H2,1H3. The maximum Gasteiger partial charge on any atom is 0.229 e. The largest absolute Gasteiger partial charge is 0.375 e. The minimum absolute atomic E-state index is 0.136. The Kier molecular flexibility index (Phi) is 4.08. The minimum Gasteiger partial charge on any atom is -0.375 e. The fraction of sp³-hybridized carbons (Fsp3) is 0.467. The van der Waals surface area contributed by atoms with Gasteiger partial charge in [0.05, 0.1) is 19.1 Å². The van der Waals surface area contributed by atoms with Crippen molar-refractivity contribution in [1.82, 2.24) is 15.5 Å². The van der Waals surface area contributed by atoms with E-state index in [9.17, 15) is 0 Å². The first-order chi connectivity index (χ1) is 9.79. The monoisotopic (exact) mass is 273 g/mol. The van der Waals surface area contributed by atoms with Crippen molar-refractivity contribution < 1.29 is 9.26 Å². The number of morpholine rings is 1. The highest BCUT2D eigenvalue weighted by Crippen LogP contribution is 2.10. The molecule has 3 rings (SSSR count). The number of nitrogens with zero attached hydrogens (tertiary/aromatic N) is 2. The highest BCUT2D eigenvalue weighted by molar-refractivity contribution is 5.23. The molecule has 1 unspecified atom stereocenters. The molecule has 1 aliphatic heterocycles. The summed E-state index contributed by atoms with van der Waals surface area (Å²) in [5.74, 6) is 1.38. The molecule has 2 heterocycles. The van der Waals surface area contributed by atoms with Crippen LogP contribution < -0.4 is 5.32 Å². The van der Waals surface area contributed by atoms with Crippen LogP contribution >= 0.6 is 0 Å². The van der Waals surface area contributed by atoms with Crippen LogP contribution in [0, 0.1) is 6.92 Å². The Morgan fingerprint density at radius 1 is 1.30 bits per heavy atom. The van der Waals surface area contributed by atoms with Crippen LogP contribution in [0.15, 0.2) is 28.8 Å². The maximum atomic E-state index is 5.63. The molecule has 0 bridgehead atoms. The molecule has 0 spiro atoms. The van der Waals surface area contributed by atoms with Gasteiger partial charge in [-0.05, 0) is 12.5 Å². The van der Waals surface area contributed by atoms with Gasteiger partial charge < -0.3 is 14.6 Å². The molecule has 0 radical (unpaired) electrons. The van der Waals surface area contributed by atoms with Gasteiger partial charge in [0.25, 0.3) is 0 Å². The van der Waals surface area contributed by atoms with Gasteiger partial charge in [-0.15, -0.1) is 0 Å². The molecule has 1 aromatic heterocycles. The lowest BCUT2D eigenvalue weighted by Gasteiger charge is -2.21. The van der Waals surface area contributed by atoms with Gasteiger partial charge in [-0.1, -0.05) is 35.0 Å². The van der Waals surface area contributed by atoms with Gasteiger partial charge in [0.2, 0.25) is 5.89 Å². The van der Waals surface area contributed by atoms with E-state index in [2.05, 4.69) is 46.6 Å². The molecule has 5 nitrogen and oxygen atoms in total. The molecule has 0 aliphatic carbocycles. The second-order valence-electron chi connectivity index (χ2n) is 5.17. The number of hydrogen-bond donors (Lipinski definition) is 1. The summed E-state index contributed by atoms with van der Waals surface area (Å²) in [5, 5.41) is 7.33. The molecule has 20 heavy (non-hydrogen) atoms. The fourth-order valence-electron chi connectivity index (χ4n) is 2.28. The number of hydrogen-bond acceptors (Lipinski definition) is 5. The number of benzene rings is 1. The van der Waals surface area contributed by atoms with E-state index in [0.717, 1.165) is 25.5 Å². The van der Waals surface area contributed by atoms with Gasteiger partial charge in [0, 0.05) is 19.5 Å². The van der Waals surface area contributed by atoms with Crippen molar-refractivity contribution in [1.29, 1.82) is 0 Å². The van der Waals surface area contributed by atoms with E-state index < -0.39 is 0 Å². The molecule has 1 aliphatic rings. The molecule has 106 valence electrons. The Hall–Kier alpha value is -1.72. The Bertz CT molecular complexity index is 545. The Labute approximate surface area is 118 Å². The van der Waals surface area contributed by atoms with Gasteiger partial charge in [-0.3, -0.25) is 0 Å². The average Bonchev–Trinajstić information content (AvgIpc) is 2.90. The molecule has 1 N–H and O–H groups in total. The van der Waals surface area contributed by atoms with E-state index >= 15 is 0 Å². The Balaban J connectivity index is 1.60. The minimum atomic E-state index is 0.136. The summed E-state index contributed by atoms with van der Waals surface area (Å²) < 4.78 is 10.9. The van der Waals surface area contributed by atoms with Crippen molar-refractivity contribution in [2.45, 2.75) is 25.9 Å². The van der Waals surface area contributed by atoms with E-state index in [0.29, 0.717) is 18.7 Å². The lowest BCUT2D eigenvalue weighted by atomic mass is 10.1. The SMILES string of the molecule is Cc1ccc(Cc2noc(CC3CNCCO3)n2)cc1. The predicted molar refractivity (Wildman–Crippen MR) is 74.6 cm³/mol. The second-order valence-corrected chi connectivity index (χ2v) is 5.17. The fourth-order valence-corrected chi connectivity index (χ4v) is 2.28. The van der Waals surface area contributed by atoms with Gasteiger partial charge in [0.1, 0.15) is 0 Å². The van der Waals surface area contributed by atoms with Crippen LogP contribution in [0.25, 0.3) is 0 Å². The van der Waals surface area contributed by atoms with E-state index in [-0.39, 0.29) is 6.10 Å². The van der Waals surface area contributed by atoms with Crippen molar-refractivity contribution in [2.24, 2.45) is 0 Å². The number of aromatic nitrogens is 2. The van der Waals surface area contributed by atoms with E-state index in [4.69, 9.17) is 9.26 Å². The molecular formula is C15H19N3O2. The summed E-state index contributed by atoms with van der Waals surface area (Å²) >= 11 is 0. The molecule has 0 saturated carbocycles. The van der Waals surface area contributed by atoms with E-state index in [1.165, 1.54) is 11.1 Å².